The third kappa shape index (κ3) is 5.68. The smallest absolute Gasteiger partial charge is 0.413 e. The lowest BCUT2D eigenvalue weighted by Gasteiger charge is -2.20. The number of benzene rings is 1. The van der Waals surface area contributed by atoms with Crippen molar-refractivity contribution < 1.29 is 23.5 Å². The Morgan fingerprint density at radius 2 is 2.14 bits per heavy atom. The van der Waals surface area contributed by atoms with Crippen LogP contribution >= 0.6 is 19.5 Å². The minimum Gasteiger partial charge on any atom is -0.413 e. The zero-order chi connectivity index (χ0) is 20.9. The van der Waals surface area contributed by atoms with E-state index in [9.17, 15) is 19.3 Å². The molecule has 156 valence electrons. The van der Waals surface area contributed by atoms with Gasteiger partial charge in [-0.25, -0.2) is 14.4 Å². The van der Waals surface area contributed by atoms with Gasteiger partial charge in [0.15, 0.2) is 0 Å². The number of nitrogens with zero attached hydrogens (tertiary/aromatic N) is 2. The second-order valence-electron chi connectivity index (χ2n) is 6.22. The second kappa shape index (κ2) is 9.55. The van der Waals surface area contributed by atoms with Gasteiger partial charge in [-0.15, -0.1) is 11.8 Å². The quantitative estimate of drug-likeness (QED) is 0.384. The van der Waals surface area contributed by atoms with E-state index in [1.54, 1.807) is 30.3 Å². The summed E-state index contributed by atoms with van der Waals surface area (Å²) in [5, 5.41) is 12.0. The fourth-order valence-electron chi connectivity index (χ4n) is 2.76. The molecule has 2 heterocycles. The molecule has 2 aromatic rings. The third-order valence-corrected chi connectivity index (χ3v) is 7.10. The van der Waals surface area contributed by atoms with Gasteiger partial charge in [0, 0.05) is 11.4 Å². The number of hydrogen-bond donors (Lipinski definition) is 3. The number of nitrogen functional groups attached to an aromatic ring is 1. The monoisotopic (exact) mass is 440 g/mol. The average Bonchev–Trinajstić information content (AvgIpc) is 3.06. The van der Waals surface area contributed by atoms with Crippen LogP contribution in [0.2, 0.25) is 0 Å². The average molecular weight is 440 g/mol. The third-order valence-electron chi connectivity index (χ3n) is 4.06. The number of hydrogen-bond acceptors (Lipinski definition) is 9. The lowest BCUT2D eigenvalue weighted by Crippen LogP contribution is -2.29. The molecule has 0 bridgehead atoms. The number of thioether (sulfide) groups is 1. The number of aromatic nitrogens is 2. The van der Waals surface area contributed by atoms with E-state index in [1.165, 1.54) is 28.6 Å². The van der Waals surface area contributed by atoms with Gasteiger partial charge >= 0.3 is 13.4 Å². The number of para-hydroxylation sites is 1. The van der Waals surface area contributed by atoms with Crippen LogP contribution in [0.15, 0.2) is 47.4 Å². The number of carbonyl (C=O) groups excluding carboxylic acids is 1. The minimum atomic E-state index is -3.81. The summed E-state index contributed by atoms with van der Waals surface area (Å²) in [6, 6.07) is 9.91. The number of aliphatic hydroxyl groups is 1. The molecule has 12 heteroatoms. The van der Waals surface area contributed by atoms with E-state index >= 15 is 0 Å². The van der Waals surface area contributed by atoms with Crippen LogP contribution in [0, 0.1) is 0 Å². The van der Waals surface area contributed by atoms with Crippen molar-refractivity contribution in [1.29, 1.82) is 0 Å². The van der Waals surface area contributed by atoms with Crippen molar-refractivity contribution in [2.24, 2.45) is 0 Å². The van der Waals surface area contributed by atoms with E-state index in [1.807, 2.05) is 0 Å². The van der Waals surface area contributed by atoms with Crippen LogP contribution in [0.4, 0.5) is 5.82 Å². The predicted octanol–water partition coefficient (Wildman–Crippen LogP) is 1.18. The number of nitrogens with two attached hydrogens (primary N) is 1. The molecule has 10 nitrogen and oxygen atoms in total. The van der Waals surface area contributed by atoms with E-state index in [-0.39, 0.29) is 24.2 Å². The molecule has 1 aliphatic rings. The highest BCUT2D eigenvalue weighted by Gasteiger charge is 2.37. The van der Waals surface area contributed by atoms with Crippen LogP contribution in [-0.4, -0.2) is 45.4 Å². The molecule has 4 atom stereocenters. The Morgan fingerprint density at radius 3 is 2.83 bits per heavy atom. The molecular formula is C17H21N4O6PS. The van der Waals surface area contributed by atoms with Crippen molar-refractivity contribution >= 4 is 31.6 Å². The largest absolute Gasteiger partial charge is 0.459 e. The van der Waals surface area contributed by atoms with Crippen molar-refractivity contribution in [3.05, 3.63) is 53.1 Å². The maximum absolute atomic E-state index is 13.0. The maximum Gasteiger partial charge on any atom is 0.459 e. The van der Waals surface area contributed by atoms with E-state index in [0.29, 0.717) is 18.5 Å². The fraction of sp³-hybridized carbons (Fsp3) is 0.353. The second-order valence-corrected chi connectivity index (χ2v) is 9.39. The first-order chi connectivity index (χ1) is 13.9. The van der Waals surface area contributed by atoms with Crippen LogP contribution in [0.1, 0.15) is 11.8 Å². The molecule has 29 heavy (non-hydrogen) atoms. The number of aldehydes is 1. The summed E-state index contributed by atoms with van der Waals surface area (Å²) in [6.45, 7) is -0.231. The molecule has 4 N–H and O–H groups in total. The van der Waals surface area contributed by atoms with Crippen LogP contribution in [0.25, 0.3) is 0 Å². The summed E-state index contributed by atoms with van der Waals surface area (Å²) in [4.78, 5) is 26.4. The summed E-state index contributed by atoms with van der Waals surface area (Å²) >= 11 is 1.30. The molecule has 4 unspecified atom stereocenters. The Morgan fingerprint density at radius 1 is 1.38 bits per heavy atom. The van der Waals surface area contributed by atoms with E-state index in [2.05, 4.69) is 10.1 Å². The Hall–Kier alpha value is -2.17. The van der Waals surface area contributed by atoms with Crippen molar-refractivity contribution in [3.63, 3.8) is 0 Å². The highest BCUT2D eigenvalue weighted by molar-refractivity contribution is 8.00. The van der Waals surface area contributed by atoms with Crippen LogP contribution in [-0.2, 0) is 13.9 Å². The predicted molar refractivity (Wildman–Crippen MR) is 109 cm³/mol. The zero-order valence-corrected chi connectivity index (χ0v) is 17.0. The lowest BCUT2D eigenvalue weighted by atomic mass is 10.2. The Bertz CT molecular complexity index is 943. The first-order valence-corrected chi connectivity index (χ1v) is 11.2. The molecule has 1 saturated heterocycles. The number of nitrogens with one attached hydrogen (secondary N) is 1. The van der Waals surface area contributed by atoms with Gasteiger partial charge in [0.25, 0.3) is 0 Å². The molecule has 0 aliphatic carbocycles. The standard InChI is InChI=1S/C17H21N4O6PS/c18-15-6-8-21(17(24)20-15)16-14(23)10-13(29-16)11-26-28(25,19-7-9-22)27-12-4-2-1-3-5-12/h1-6,8-9,13-14,16,23H,7,10-11H2,(H,19,25)(H2,18,20,24). The Labute approximate surface area is 171 Å². The molecular weight excluding hydrogens is 419 g/mol. The number of anilines is 1. The fourth-order valence-corrected chi connectivity index (χ4v) is 5.58. The Balaban J connectivity index is 1.65. The summed E-state index contributed by atoms with van der Waals surface area (Å²) in [6.07, 6.45) is 1.51. The van der Waals surface area contributed by atoms with Gasteiger partial charge < -0.3 is 20.2 Å². The van der Waals surface area contributed by atoms with Gasteiger partial charge in [0.2, 0.25) is 0 Å². The first kappa shape index (κ1) is 21.5. The summed E-state index contributed by atoms with van der Waals surface area (Å²) in [5.74, 6) is 0.426. The van der Waals surface area contributed by atoms with Crippen LogP contribution in [0.5, 0.6) is 5.75 Å². The van der Waals surface area contributed by atoms with E-state index in [0.717, 1.165) is 0 Å². The van der Waals surface area contributed by atoms with Crippen LogP contribution in [0.3, 0.4) is 0 Å². The van der Waals surface area contributed by atoms with Gasteiger partial charge in [-0.1, -0.05) is 18.2 Å². The molecule has 1 aromatic carbocycles. The van der Waals surface area contributed by atoms with Crippen LogP contribution < -0.4 is 21.0 Å². The molecule has 1 aliphatic heterocycles. The normalized spacial score (nSPS) is 23.4. The number of rotatable bonds is 9. The number of carbonyl (C=O) groups is 1. The highest BCUT2D eigenvalue weighted by atomic mass is 32.2. The molecule has 1 aromatic heterocycles. The topological polar surface area (TPSA) is 146 Å². The highest BCUT2D eigenvalue weighted by Crippen LogP contribution is 2.47. The molecule has 0 spiro atoms. The molecule has 1 fully saturated rings. The summed E-state index contributed by atoms with van der Waals surface area (Å²) in [5.41, 5.74) is 4.94. The minimum absolute atomic E-state index is 0.0225. The summed E-state index contributed by atoms with van der Waals surface area (Å²) in [7, 11) is -3.81. The first-order valence-electron chi connectivity index (χ1n) is 8.76. The molecule has 0 radical (unpaired) electrons. The zero-order valence-electron chi connectivity index (χ0n) is 15.3. The van der Waals surface area contributed by atoms with Crippen molar-refractivity contribution in [2.45, 2.75) is 23.1 Å². The van der Waals surface area contributed by atoms with Gasteiger partial charge in [-0.3, -0.25) is 9.09 Å². The van der Waals surface area contributed by atoms with Crippen molar-refractivity contribution in [2.75, 3.05) is 18.9 Å². The number of aliphatic hydroxyl groups excluding tert-OH is 1. The van der Waals surface area contributed by atoms with Crippen molar-refractivity contribution in [3.8, 4) is 5.75 Å². The van der Waals surface area contributed by atoms with Gasteiger partial charge in [0.05, 0.1) is 19.3 Å². The van der Waals surface area contributed by atoms with Gasteiger partial charge in [0.1, 0.15) is 23.2 Å². The van der Waals surface area contributed by atoms with Gasteiger partial charge in [-0.05, 0) is 24.6 Å². The molecule has 0 amide bonds. The maximum atomic E-state index is 13.0. The van der Waals surface area contributed by atoms with Crippen molar-refractivity contribution in [1.82, 2.24) is 14.6 Å². The van der Waals surface area contributed by atoms with E-state index in [4.69, 9.17) is 14.8 Å². The summed E-state index contributed by atoms with van der Waals surface area (Å²) < 4.78 is 25.2. The Kier molecular flexibility index (Phi) is 7.09. The molecule has 3 rings (SSSR count). The van der Waals surface area contributed by atoms with Gasteiger partial charge in [-0.2, -0.15) is 4.98 Å². The lowest BCUT2D eigenvalue weighted by molar-refractivity contribution is -0.107. The van der Waals surface area contributed by atoms with E-state index < -0.39 is 24.9 Å². The molecule has 0 saturated carbocycles. The SMILES string of the molecule is Nc1ccn(C2SC(COP(=O)(NCC=O)Oc3ccccc3)CC2O)c(=O)n1.